The van der Waals surface area contributed by atoms with E-state index >= 15 is 0 Å². The lowest BCUT2D eigenvalue weighted by molar-refractivity contribution is 0.0991. The van der Waals surface area contributed by atoms with E-state index < -0.39 is 5.91 Å². The molecule has 0 aliphatic carbocycles. The van der Waals surface area contributed by atoms with E-state index in [0.29, 0.717) is 0 Å². The number of carbonyl (C=O) groups excluding carboxylic acids is 1. The fraction of sp³-hybridized carbons (Fsp3) is 0. The second-order valence-electron chi connectivity index (χ2n) is 1.57. The van der Waals surface area contributed by atoms with Crippen LogP contribution in [0.1, 0.15) is 16.2 Å². The Bertz CT molecular complexity index is 266. The van der Waals surface area contributed by atoms with Crippen molar-refractivity contribution in [1.29, 1.82) is 0 Å². The zero-order chi connectivity index (χ0) is 7.56. The number of hydrogen-bond donors (Lipinski definition) is 1. The van der Waals surface area contributed by atoms with E-state index in [9.17, 15) is 4.79 Å². The summed E-state index contributed by atoms with van der Waals surface area (Å²) in [5.41, 5.74) is 5.17. The van der Waals surface area contributed by atoms with Crippen molar-refractivity contribution < 1.29 is 9.42 Å². The molecule has 1 aromatic rings. The maximum atomic E-state index is 10.5. The van der Waals surface area contributed by atoms with Crippen LogP contribution in [0.5, 0.6) is 0 Å². The van der Waals surface area contributed by atoms with Crippen molar-refractivity contribution in [3.63, 3.8) is 0 Å². The van der Waals surface area contributed by atoms with Crippen LogP contribution in [0.2, 0.25) is 0 Å². The lowest BCUT2D eigenvalue weighted by atomic mass is 10.3. The molecule has 0 aliphatic rings. The lowest BCUT2D eigenvalue weighted by Crippen LogP contribution is -2.12. The zero-order valence-corrected chi connectivity index (χ0v) is 5.07. The molecule has 1 amide bonds. The van der Waals surface area contributed by atoms with Crippen LogP contribution in [-0.4, -0.2) is 16.2 Å². The van der Waals surface area contributed by atoms with Gasteiger partial charge in [-0.25, -0.2) is 4.63 Å². The first kappa shape index (κ1) is 6.47. The first-order valence-electron chi connectivity index (χ1n) is 2.50. The van der Waals surface area contributed by atoms with Crippen LogP contribution in [0.3, 0.4) is 0 Å². The van der Waals surface area contributed by atoms with E-state index in [4.69, 9.17) is 5.73 Å². The predicted molar refractivity (Wildman–Crippen MR) is 32.9 cm³/mol. The van der Waals surface area contributed by atoms with Gasteiger partial charge in [0.05, 0.1) is 0 Å². The minimum Gasteiger partial charge on any atom is -0.364 e. The molecule has 0 unspecified atom stereocenters. The van der Waals surface area contributed by atoms with Crippen LogP contribution >= 0.6 is 0 Å². The molecule has 52 valence electrons. The maximum Gasteiger partial charge on any atom is 0.273 e. The molecule has 5 heteroatoms. The van der Waals surface area contributed by atoms with Crippen LogP contribution < -0.4 is 5.73 Å². The quantitative estimate of drug-likeness (QED) is 0.615. The van der Waals surface area contributed by atoms with Gasteiger partial charge < -0.3 is 5.73 Å². The van der Waals surface area contributed by atoms with E-state index in [1.807, 2.05) is 0 Å². The Morgan fingerprint density at radius 2 is 2.40 bits per heavy atom. The topological polar surface area (TPSA) is 82.0 Å². The standard InChI is InChI=1S/C5H5N3O2/c1-2-3-4(5(6)9)8-10-7-3/h2H,1H2,(H2,6,9). The number of carbonyl (C=O) groups is 1. The molecule has 5 nitrogen and oxygen atoms in total. The van der Waals surface area contributed by atoms with Crippen molar-refractivity contribution >= 4 is 12.0 Å². The number of primary amides is 1. The largest absolute Gasteiger partial charge is 0.364 e. The Balaban J connectivity index is 3.13. The third-order valence-corrected chi connectivity index (χ3v) is 0.941. The van der Waals surface area contributed by atoms with Gasteiger partial charge in [-0.3, -0.25) is 4.79 Å². The minimum atomic E-state index is -0.670. The van der Waals surface area contributed by atoms with Crippen LogP contribution in [0.4, 0.5) is 0 Å². The summed E-state index contributed by atoms with van der Waals surface area (Å²) in [7, 11) is 0. The van der Waals surface area contributed by atoms with Crippen LogP contribution in [0, 0.1) is 0 Å². The Morgan fingerprint density at radius 3 is 2.80 bits per heavy atom. The highest BCUT2D eigenvalue weighted by Crippen LogP contribution is 2.01. The highest BCUT2D eigenvalue weighted by atomic mass is 16.6. The molecule has 0 radical (unpaired) electrons. The zero-order valence-electron chi connectivity index (χ0n) is 5.07. The SMILES string of the molecule is C=Cc1nonc1C(N)=O. The van der Waals surface area contributed by atoms with Gasteiger partial charge in [0.1, 0.15) is 5.69 Å². The first-order valence-corrected chi connectivity index (χ1v) is 2.50. The highest BCUT2D eigenvalue weighted by Gasteiger charge is 2.11. The fourth-order valence-electron chi connectivity index (χ4n) is 0.500. The number of amides is 1. The van der Waals surface area contributed by atoms with Crippen LogP contribution in [0.15, 0.2) is 11.2 Å². The van der Waals surface area contributed by atoms with Crippen molar-refractivity contribution in [3.05, 3.63) is 18.0 Å². The average molecular weight is 139 g/mol. The smallest absolute Gasteiger partial charge is 0.273 e. The molecule has 1 aromatic heterocycles. The highest BCUT2D eigenvalue weighted by molar-refractivity contribution is 5.93. The van der Waals surface area contributed by atoms with E-state index in [2.05, 4.69) is 21.5 Å². The van der Waals surface area contributed by atoms with E-state index in [1.54, 1.807) is 0 Å². The van der Waals surface area contributed by atoms with Gasteiger partial charge in [0.15, 0.2) is 5.69 Å². The molecule has 0 saturated carbocycles. The molecule has 0 fully saturated rings. The van der Waals surface area contributed by atoms with Gasteiger partial charge in [-0.15, -0.1) is 0 Å². The number of nitrogens with two attached hydrogens (primary N) is 1. The van der Waals surface area contributed by atoms with Crippen molar-refractivity contribution in [2.45, 2.75) is 0 Å². The molecule has 0 saturated heterocycles. The second kappa shape index (κ2) is 2.30. The number of hydrogen-bond acceptors (Lipinski definition) is 4. The summed E-state index contributed by atoms with van der Waals surface area (Å²) in [4.78, 5) is 10.5. The van der Waals surface area contributed by atoms with Gasteiger partial charge in [-0.1, -0.05) is 6.58 Å². The van der Waals surface area contributed by atoms with Gasteiger partial charge in [0, 0.05) is 0 Å². The lowest BCUT2D eigenvalue weighted by Gasteiger charge is -1.82. The molecular weight excluding hydrogens is 134 g/mol. The third-order valence-electron chi connectivity index (χ3n) is 0.941. The number of rotatable bonds is 2. The summed E-state index contributed by atoms with van der Waals surface area (Å²) in [6.45, 7) is 3.38. The minimum absolute atomic E-state index is 0.00926. The number of nitrogens with zero attached hydrogens (tertiary/aromatic N) is 2. The molecular formula is C5H5N3O2. The summed E-state index contributed by atoms with van der Waals surface area (Å²) in [6.07, 6.45) is 1.34. The average Bonchev–Trinajstić information content (AvgIpc) is 2.33. The van der Waals surface area contributed by atoms with Gasteiger partial charge in [0.25, 0.3) is 5.91 Å². The molecule has 0 aliphatic heterocycles. The Hall–Kier alpha value is -1.65. The van der Waals surface area contributed by atoms with E-state index in [0.717, 1.165) is 0 Å². The first-order chi connectivity index (χ1) is 4.75. The van der Waals surface area contributed by atoms with Crippen molar-refractivity contribution in [1.82, 2.24) is 10.3 Å². The van der Waals surface area contributed by atoms with Gasteiger partial charge in [-0.05, 0) is 16.4 Å². The predicted octanol–water partition coefficient (Wildman–Crippen LogP) is -0.188. The Morgan fingerprint density at radius 1 is 1.70 bits per heavy atom. The summed E-state index contributed by atoms with van der Waals surface area (Å²) >= 11 is 0. The molecule has 0 bridgehead atoms. The van der Waals surface area contributed by atoms with Gasteiger partial charge >= 0.3 is 0 Å². The van der Waals surface area contributed by atoms with Gasteiger partial charge in [-0.2, -0.15) is 0 Å². The molecule has 0 aromatic carbocycles. The Kier molecular flexibility index (Phi) is 1.49. The monoisotopic (exact) mass is 139 g/mol. The van der Waals surface area contributed by atoms with Crippen molar-refractivity contribution in [2.24, 2.45) is 5.73 Å². The third kappa shape index (κ3) is 0.883. The summed E-state index contributed by atoms with van der Waals surface area (Å²) in [6, 6.07) is 0. The molecule has 10 heavy (non-hydrogen) atoms. The molecule has 1 rings (SSSR count). The Labute approximate surface area is 56.5 Å². The van der Waals surface area contributed by atoms with Gasteiger partial charge in [0.2, 0.25) is 0 Å². The summed E-state index contributed by atoms with van der Waals surface area (Å²) in [5.74, 6) is -0.670. The normalized spacial score (nSPS) is 9.20. The van der Waals surface area contributed by atoms with Crippen molar-refractivity contribution in [2.75, 3.05) is 0 Å². The van der Waals surface area contributed by atoms with E-state index in [-0.39, 0.29) is 11.4 Å². The molecule has 1 heterocycles. The van der Waals surface area contributed by atoms with Crippen LogP contribution in [-0.2, 0) is 0 Å². The summed E-state index contributed by atoms with van der Waals surface area (Å²) < 4.78 is 4.23. The number of aromatic nitrogens is 2. The fourth-order valence-corrected chi connectivity index (χ4v) is 0.500. The molecule has 0 spiro atoms. The molecule has 2 N–H and O–H groups in total. The van der Waals surface area contributed by atoms with E-state index in [1.165, 1.54) is 6.08 Å². The second-order valence-corrected chi connectivity index (χ2v) is 1.57. The molecule has 0 atom stereocenters. The van der Waals surface area contributed by atoms with Crippen molar-refractivity contribution in [3.8, 4) is 0 Å². The van der Waals surface area contributed by atoms with Crippen LogP contribution in [0.25, 0.3) is 6.08 Å². The maximum absolute atomic E-state index is 10.5. The summed E-state index contributed by atoms with van der Waals surface area (Å²) in [5, 5.41) is 6.61.